The van der Waals surface area contributed by atoms with E-state index in [1.165, 1.54) is 5.56 Å². The molecule has 0 bridgehead atoms. The van der Waals surface area contributed by atoms with Gasteiger partial charge < -0.3 is 4.74 Å². The summed E-state index contributed by atoms with van der Waals surface area (Å²) < 4.78 is 5.63. The first-order chi connectivity index (χ1) is 7.81. The van der Waals surface area contributed by atoms with Crippen molar-refractivity contribution < 1.29 is 4.74 Å². The zero-order chi connectivity index (χ0) is 11.8. The van der Waals surface area contributed by atoms with Crippen molar-refractivity contribution in [2.24, 2.45) is 0 Å². The highest BCUT2D eigenvalue weighted by Crippen LogP contribution is 2.22. The predicted octanol–water partition coefficient (Wildman–Crippen LogP) is 3.71. The Labute approximate surface area is 97.8 Å². The Bertz CT molecular complexity index is 377. The van der Waals surface area contributed by atoms with Gasteiger partial charge in [-0.15, -0.1) is 13.2 Å². The van der Waals surface area contributed by atoms with Crippen LogP contribution in [-0.4, -0.2) is 6.61 Å². The van der Waals surface area contributed by atoms with E-state index in [1.54, 1.807) is 6.08 Å². The summed E-state index contributed by atoms with van der Waals surface area (Å²) in [6.07, 6.45) is 7.20. The molecule has 0 saturated heterocycles. The minimum Gasteiger partial charge on any atom is -0.489 e. The molecule has 1 aromatic rings. The second-order valence-corrected chi connectivity index (χ2v) is 3.53. The third-order valence-electron chi connectivity index (χ3n) is 2.23. The van der Waals surface area contributed by atoms with Gasteiger partial charge in [-0.25, -0.2) is 0 Å². The lowest BCUT2D eigenvalue weighted by Crippen LogP contribution is -1.98. The predicted molar refractivity (Wildman–Crippen MR) is 69.9 cm³/mol. The Morgan fingerprint density at radius 2 is 1.75 bits per heavy atom. The second kappa shape index (κ2) is 6.67. The summed E-state index contributed by atoms with van der Waals surface area (Å²) in [5, 5.41) is 0. The first kappa shape index (κ1) is 12.3. The molecule has 0 aromatic heterocycles. The topological polar surface area (TPSA) is 9.23 Å². The lowest BCUT2D eigenvalue weighted by Gasteiger charge is -2.10. The van der Waals surface area contributed by atoms with Crippen molar-refractivity contribution in [3.63, 3.8) is 0 Å². The Morgan fingerprint density at radius 3 is 2.38 bits per heavy atom. The molecular formula is C15H18O. The van der Waals surface area contributed by atoms with Crippen molar-refractivity contribution in [3.8, 4) is 5.75 Å². The van der Waals surface area contributed by atoms with E-state index < -0.39 is 0 Å². The molecule has 0 unspecified atom stereocenters. The van der Waals surface area contributed by atoms with Crippen LogP contribution < -0.4 is 4.74 Å². The Morgan fingerprint density at radius 1 is 1.00 bits per heavy atom. The standard InChI is InChI=1S/C15H18O/c1-4-7-13-9-10-14(8-5-2)15(12-13)16-11-6-3/h4-6,9-10,12H,1-3,7-8,11H2. The van der Waals surface area contributed by atoms with Crippen molar-refractivity contribution in [2.45, 2.75) is 12.8 Å². The molecule has 0 aliphatic rings. The maximum Gasteiger partial charge on any atom is 0.123 e. The van der Waals surface area contributed by atoms with E-state index in [0.29, 0.717) is 6.61 Å². The van der Waals surface area contributed by atoms with Crippen molar-refractivity contribution >= 4 is 0 Å². The van der Waals surface area contributed by atoms with Crippen LogP contribution in [0.25, 0.3) is 0 Å². The molecule has 1 nitrogen and oxygen atoms in total. The summed E-state index contributed by atoms with van der Waals surface area (Å²) in [6.45, 7) is 11.7. The van der Waals surface area contributed by atoms with Crippen LogP contribution in [0.2, 0.25) is 0 Å². The SMILES string of the molecule is C=CCOc1cc(CC=C)ccc1CC=C. The van der Waals surface area contributed by atoms with Crippen molar-refractivity contribution in [3.05, 3.63) is 67.3 Å². The van der Waals surface area contributed by atoms with Crippen LogP contribution >= 0.6 is 0 Å². The normalized spacial score (nSPS) is 9.50. The van der Waals surface area contributed by atoms with Crippen LogP contribution in [0.4, 0.5) is 0 Å². The number of allylic oxidation sites excluding steroid dienone is 2. The van der Waals surface area contributed by atoms with Gasteiger partial charge in [0, 0.05) is 0 Å². The third kappa shape index (κ3) is 3.43. The van der Waals surface area contributed by atoms with Crippen molar-refractivity contribution in [2.75, 3.05) is 6.61 Å². The molecular weight excluding hydrogens is 196 g/mol. The first-order valence-electron chi connectivity index (χ1n) is 5.39. The van der Waals surface area contributed by atoms with Gasteiger partial charge in [-0.05, 0) is 30.0 Å². The molecule has 0 aliphatic heterocycles. The quantitative estimate of drug-likeness (QED) is 0.629. The van der Waals surface area contributed by atoms with Gasteiger partial charge in [-0.2, -0.15) is 0 Å². The molecule has 1 aromatic carbocycles. The molecule has 0 spiro atoms. The van der Waals surface area contributed by atoms with Crippen molar-refractivity contribution in [1.29, 1.82) is 0 Å². The third-order valence-corrected chi connectivity index (χ3v) is 2.23. The van der Waals surface area contributed by atoms with E-state index in [4.69, 9.17) is 4.74 Å². The van der Waals surface area contributed by atoms with Gasteiger partial charge in [0.25, 0.3) is 0 Å². The van der Waals surface area contributed by atoms with Crippen LogP contribution in [0, 0.1) is 0 Å². The average molecular weight is 214 g/mol. The smallest absolute Gasteiger partial charge is 0.123 e. The van der Waals surface area contributed by atoms with Gasteiger partial charge in [0.1, 0.15) is 12.4 Å². The fraction of sp³-hybridized carbons (Fsp3) is 0.200. The molecule has 1 rings (SSSR count). The summed E-state index contributed by atoms with van der Waals surface area (Å²) in [7, 11) is 0. The van der Waals surface area contributed by atoms with Gasteiger partial charge in [0.05, 0.1) is 0 Å². The maximum atomic E-state index is 5.63. The zero-order valence-electron chi connectivity index (χ0n) is 9.61. The molecule has 0 radical (unpaired) electrons. The summed E-state index contributed by atoms with van der Waals surface area (Å²) >= 11 is 0. The summed E-state index contributed by atoms with van der Waals surface area (Å²) in [6, 6.07) is 6.24. The van der Waals surface area contributed by atoms with E-state index in [1.807, 2.05) is 12.2 Å². The molecule has 0 N–H and O–H groups in total. The fourth-order valence-corrected chi connectivity index (χ4v) is 1.50. The summed E-state index contributed by atoms with van der Waals surface area (Å²) in [5.74, 6) is 0.916. The van der Waals surface area contributed by atoms with E-state index >= 15 is 0 Å². The van der Waals surface area contributed by atoms with Gasteiger partial charge in [-0.3, -0.25) is 0 Å². The minimum atomic E-state index is 0.529. The Kier molecular flexibility index (Phi) is 5.13. The van der Waals surface area contributed by atoms with Gasteiger partial charge in [0.15, 0.2) is 0 Å². The zero-order valence-corrected chi connectivity index (χ0v) is 9.61. The molecule has 0 fully saturated rings. The first-order valence-corrected chi connectivity index (χ1v) is 5.39. The highest BCUT2D eigenvalue weighted by Gasteiger charge is 2.03. The molecule has 0 aliphatic carbocycles. The van der Waals surface area contributed by atoms with Crippen LogP contribution in [0.15, 0.2) is 56.2 Å². The molecule has 0 heterocycles. The number of hydrogen-bond acceptors (Lipinski definition) is 1. The maximum absolute atomic E-state index is 5.63. The molecule has 0 atom stereocenters. The van der Waals surface area contributed by atoms with E-state index in [-0.39, 0.29) is 0 Å². The average Bonchev–Trinajstić information content (AvgIpc) is 2.30. The molecule has 1 heteroatoms. The van der Waals surface area contributed by atoms with Crippen LogP contribution in [0.1, 0.15) is 11.1 Å². The van der Waals surface area contributed by atoms with Crippen LogP contribution in [0.3, 0.4) is 0 Å². The second-order valence-electron chi connectivity index (χ2n) is 3.53. The summed E-state index contributed by atoms with van der Waals surface area (Å²) in [5.41, 5.74) is 2.37. The Hall–Kier alpha value is -1.76. The van der Waals surface area contributed by atoms with Gasteiger partial charge in [0.2, 0.25) is 0 Å². The lowest BCUT2D eigenvalue weighted by molar-refractivity contribution is 0.359. The monoisotopic (exact) mass is 214 g/mol. The van der Waals surface area contributed by atoms with E-state index in [9.17, 15) is 0 Å². The van der Waals surface area contributed by atoms with Crippen molar-refractivity contribution in [1.82, 2.24) is 0 Å². The number of ether oxygens (including phenoxy) is 1. The number of benzene rings is 1. The van der Waals surface area contributed by atoms with Crippen LogP contribution in [0.5, 0.6) is 5.75 Å². The molecule has 84 valence electrons. The van der Waals surface area contributed by atoms with E-state index in [0.717, 1.165) is 24.2 Å². The minimum absolute atomic E-state index is 0.529. The van der Waals surface area contributed by atoms with Gasteiger partial charge >= 0.3 is 0 Å². The van der Waals surface area contributed by atoms with Crippen LogP contribution in [-0.2, 0) is 12.8 Å². The molecule has 16 heavy (non-hydrogen) atoms. The van der Waals surface area contributed by atoms with Gasteiger partial charge in [-0.1, -0.05) is 36.9 Å². The molecule has 0 saturated carbocycles. The fourth-order valence-electron chi connectivity index (χ4n) is 1.50. The Balaban J connectivity index is 2.94. The summed E-state index contributed by atoms with van der Waals surface area (Å²) in [4.78, 5) is 0. The van der Waals surface area contributed by atoms with E-state index in [2.05, 4.69) is 37.9 Å². The highest BCUT2D eigenvalue weighted by atomic mass is 16.5. The highest BCUT2D eigenvalue weighted by molar-refractivity contribution is 5.39. The lowest BCUT2D eigenvalue weighted by atomic mass is 10.1. The number of rotatable bonds is 7. The number of hydrogen-bond donors (Lipinski definition) is 0. The largest absolute Gasteiger partial charge is 0.489 e. The molecule has 0 amide bonds.